The van der Waals surface area contributed by atoms with Crippen molar-refractivity contribution < 1.29 is 5.11 Å². The number of aliphatic hydroxyl groups excluding tert-OH is 1. The first-order valence-electron chi connectivity index (χ1n) is 8.43. The summed E-state index contributed by atoms with van der Waals surface area (Å²) < 4.78 is 3.31. The van der Waals surface area contributed by atoms with Crippen LogP contribution in [0.5, 0.6) is 0 Å². The summed E-state index contributed by atoms with van der Waals surface area (Å²) in [6.07, 6.45) is 2.32. The number of aliphatic hydroxyl groups is 1. The van der Waals surface area contributed by atoms with E-state index in [0.717, 1.165) is 31.9 Å². The molecule has 1 atom stereocenters. The van der Waals surface area contributed by atoms with E-state index in [1.165, 1.54) is 21.4 Å². The SMILES string of the molecule is Cn1c(CO)nnc1C1CCCN(Cc2cc3ccccc3s2)C1. The Labute approximate surface area is 145 Å². The minimum atomic E-state index is -0.0539. The molecule has 1 saturated heterocycles. The van der Waals surface area contributed by atoms with Gasteiger partial charge in [0, 0.05) is 35.6 Å². The van der Waals surface area contributed by atoms with Crippen LogP contribution in [0.1, 0.15) is 35.3 Å². The molecule has 5 nitrogen and oxygen atoms in total. The van der Waals surface area contributed by atoms with Gasteiger partial charge in [0.15, 0.2) is 5.82 Å². The highest BCUT2D eigenvalue weighted by Gasteiger charge is 2.26. The van der Waals surface area contributed by atoms with Crippen molar-refractivity contribution in [2.24, 2.45) is 7.05 Å². The summed E-state index contributed by atoms with van der Waals surface area (Å²) >= 11 is 1.89. The molecule has 0 spiro atoms. The first-order valence-corrected chi connectivity index (χ1v) is 9.25. The van der Waals surface area contributed by atoms with Gasteiger partial charge in [0.05, 0.1) is 0 Å². The van der Waals surface area contributed by atoms with Crippen molar-refractivity contribution in [2.75, 3.05) is 13.1 Å². The zero-order chi connectivity index (χ0) is 16.5. The van der Waals surface area contributed by atoms with Gasteiger partial charge in [-0.25, -0.2) is 0 Å². The molecule has 3 aromatic rings. The molecule has 1 fully saturated rings. The fraction of sp³-hybridized carbons (Fsp3) is 0.444. The van der Waals surface area contributed by atoms with Crippen LogP contribution in [0, 0.1) is 0 Å². The van der Waals surface area contributed by atoms with Crippen LogP contribution in [-0.4, -0.2) is 37.9 Å². The maximum atomic E-state index is 9.31. The molecule has 24 heavy (non-hydrogen) atoms. The second-order valence-corrected chi connectivity index (χ2v) is 7.68. The number of thiophene rings is 1. The van der Waals surface area contributed by atoms with Crippen LogP contribution in [0.25, 0.3) is 10.1 Å². The molecule has 1 N–H and O–H groups in total. The van der Waals surface area contributed by atoms with E-state index < -0.39 is 0 Å². The highest BCUT2D eigenvalue weighted by Crippen LogP contribution is 2.30. The maximum absolute atomic E-state index is 9.31. The van der Waals surface area contributed by atoms with Crippen LogP contribution in [0.15, 0.2) is 30.3 Å². The van der Waals surface area contributed by atoms with Gasteiger partial charge in [-0.3, -0.25) is 4.90 Å². The Bertz CT molecular complexity index is 808. The molecule has 0 bridgehead atoms. The van der Waals surface area contributed by atoms with Crippen molar-refractivity contribution in [2.45, 2.75) is 31.9 Å². The second-order valence-electron chi connectivity index (χ2n) is 6.52. The molecule has 4 rings (SSSR count). The van der Waals surface area contributed by atoms with Crippen molar-refractivity contribution in [1.29, 1.82) is 0 Å². The highest BCUT2D eigenvalue weighted by atomic mass is 32.1. The predicted molar refractivity (Wildman–Crippen MR) is 96.0 cm³/mol. The summed E-state index contributed by atoms with van der Waals surface area (Å²) in [5, 5.41) is 19.1. The summed E-state index contributed by atoms with van der Waals surface area (Å²) in [4.78, 5) is 3.94. The molecule has 0 aliphatic carbocycles. The molecule has 6 heteroatoms. The topological polar surface area (TPSA) is 54.2 Å². The summed E-state index contributed by atoms with van der Waals surface area (Å²) in [5.41, 5.74) is 0. The summed E-state index contributed by atoms with van der Waals surface area (Å²) in [5.74, 6) is 2.04. The Morgan fingerprint density at radius 3 is 2.96 bits per heavy atom. The van der Waals surface area contributed by atoms with E-state index in [1.54, 1.807) is 0 Å². The molecule has 0 radical (unpaired) electrons. The van der Waals surface area contributed by atoms with E-state index >= 15 is 0 Å². The lowest BCUT2D eigenvalue weighted by Gasteiger charge is -2.31. The van der Waals surface area contributed by atoms with Gasteiger partial charge in [0.2, 0.25) is 0 Å². The van der Waals surface area contributed by atoms with Crippen molar-refractivity contribution in [3.8, 4) is 0 Å². The average Bonchev–Trinajstić information content (AvgIpc) is 3.17. The van der Waals surface area contributed by atoms with Crippen molar-refractivity contribution in [3.63, 3.8) is 0 Å². The number of aromatic nitrogens is 3. The van der Waals surface area contributed by atoms with Gasteiger partial charge in [-0.15, -0.1) is 21.5 Å². The zero-order valence-corrected chi connectivity index (χ0v) is 14.7. The lowest BCUT2D eigenvalue weighted by atomic mass is 9.97. The third-order valence-corrected chi connectivity index (χ3v) is 5.97. The number of rotatable bonds is 4. The van der Waals surface area contributed by atoms with Crippen LogP contribution in [-0.2, 0) is 20.2 Å². The van der Waals surface area contributed by atoms with Crippen molar-refractivity contribution in [1.82, 2.24) is 19.7 Å². The number of fused-ring (bicyclic) bond motifs is 1. The lowest BCUT2D eigenvalue weighted by molar-refractivity contribution is 0.196. The minimum absolute atomic E-state index is 0.0539. The number of nitrogens with zero attached hydrogens (tertiary/aromatic N) is 4. The number of piperidine rings is 1. The predicted octanol–water partition coefficient (Wildman–Crippen LogP) is 2.90. The Kier molecular flexibility index (Phi) is 4.35. The van der Waals surface area contributed by atoms with Gasteiger partial charge >= 0.3 is 0 Å². The summed E-state index contributed by atoms with van der Waals surface area (Å²) in [6, 6.07) is 10.9. The Hall–Kier alpha value is -1.76. The van der Waals surface area contributed by atoms with Gasteiger partial charge in [0.1, 0.15) is 12.4 Å². The fourth-order valence-electron chi connectivity index (χ4n) is 3.61. The summed E-state index contributed by atoms with van der Waals surface area (Å²) in [7, 11) is 1.95. The Morgan fingerprint density at radius 2 is 2.17 bits per heavy atom. The average molecular weight is 342 g/mol. The number of benzene rings is 1. The Morgan fingerprint density at radius 1 is 1.29 bits per heavy atom. The molecule has 0 amide bonds. The van der Waals surface area contributed by atoms with Crippen molar-refractivity contribution >= 4 is 21.4 Å². The van der Waals surface area contributed by atoms with E-state index in [2.05, 4.69) is 45.4 Å². The number of hydrogen-bond donors (Lipinski definition) is 1. The first kappa shape index (κ1) is 15.7. The molecule has 1 aliphatic rings. The second kappa shape index (κ2) is 6.63. The molecule has 3 heterocycles. The molecule has 2 aromatic heterocycles. The fourth-order valence-corrected chi connectivity index (χ4v) is 4.72. The van der Waals surface area contributed by atoms with Crippen LogP contribution in [0.4, 0.5) is 0 Å². The standard InChI is InChI=1S/C18H22N4OS/c1-21-17(12-23)19-20-18(21)14-6-4-8-22(10-14)11-15-9-13-5-2-3-7-16(13)24-15/h2-3,5,7,9,14,23H,4,6,8,10-12H2,1H3. The van der Waals surface area contributed by atoms with E-state index in [-0.39, 0.29) is 6.61 Å². The van der Waals surface area contributed by atoms with Crippen LogP contribution in [0.3, 0.4) is 0 Å². The quantitative estimate of drug-likeness (QED) is 0.792. The molecule has 1 aliphatic heterocycles. The monoisotopic (exact) mass is 342 g/mol. The molecule has 126 valence electrons. The Balaban J connectivity index is 1.49. The van der Waals surface area contributed by atoms with Crippen LogP contribution < -0.4 is 0 Å². The van der Waals surface area contributed by atoms with E-state index in [1.807, 2.05) is 23.0 Å². The van der Waals surface area contributed by atoms with E-state index in [0.29, 0.717) is 11.7 Å². The van der Waals surface area contributed by atoms with Crippen molar-refractivity contribution in [3.05, 3.63) is 46.9 Å². The van der Waals surface area contributed by atoms with Gasteiger partial charge in [-0.05, 0) is 36.9 Å². The van der Waals surface area contributed by atoms with Gasteiger partial charge in [-0.2, -0.15) is 0 Å². The number of hydrogen-bond acceptors (Lipinski definition) is 5. The largest absolute Gasteiger partial charge is 0.388 e. The zero-order valence-electron chi connectivity index (χ0n) is 13.9. The molecular formula is C18H22N4OS. The first-order chi connectivity index (χ1) is 11.7. The van der Waals surface area contributed by atoms with E-state index in [9.17, 15) is 5.11 Å². The molecule has 1 aromatic carbocycles. The minimum Gasteiger partial charge on any atom is -0.388 e. The third kappa shape index (κ3) is 2.97. The number of likely N-dealkylation sites (tertiary alicyclic amines) is 1. The smallest absolute Gasteiger partial charge is 0.158 e. The third-order valence-electron chi connectivity index (χ3n) is 4.87. The normalized spacial score (nSPS) is 19.2. The molecule has 0 saturated carbocycles. The van der Waals surface area contributed by atoms with Gasteiger partial charge < -0.3 is 9.67 Å². The maximum Gasteiger partial charge on any atom is 0.158 e. The highest BCUT2D eigenvalue weighted by molar-refractivity contribution is 7.19. The van der Waals surface area contributed by atoms with Crippen LogP contribution in [0.2, 0.25) is 0 Å². The van der Waals surface area contributed by atoms with E-state index in [4.69, 9.17) is 0 Å². The summed E-state index contributed by atoms with van der Waals surface area (Å²) in [6.45, 7) is 3.09. The van der Waals surface area contributed by atoms with Gasteiger partial charge in [-0.1, -0.05) is 18.2 Å². The van der Waals surface area contributed by atoms with Crippen LogP contribution >= 0.6 is 11.3 Å². The lowest BCUT2D eigenvalue weighted by Crippen LogP contribution is -2.34. The molecule has 1 unspecified atom stereocenters. The van der Waals surface area contributed by atoms with Gasteiger partial charge in [0.25, 0.3) is 0 Å². The molecular weight excluding hydrogens is 320 g/mol.